The molecule has 94 valence electrons. The lowest BCUT2D eigenvalue weighted by molar-refractivity contribution is 0.414. The molecule has 0 radical (unpaired) electrons. The Balaban J connectivity index is 2.27. The fourth-order valence-electron chi connectivity index (χ4n) is 1.41. The Kier molecular flexibility index (Phi) is 3.57. The number of aromatic nitrogens is 2. The number of anilines is 3. The van der Waals surface area contributed by atoms with Crippen LogP contribution in [0.2, 0.25) is 0 Å². The normalized spacial score (nSPS) is 9.94. The molecule has 6 heteroatoms. The maximum absolute atomic E-state index is 13.6. The van der Waals surface area contributed by atoms with Gasteiger partial charge in [0, 0.05) is 13.1 Å². The number of benzene rings is 1. The molecule has 5 nitrogen and oxygen atoms in total. The minimum absolute atomic E-state index is 0.289. The van der Waals surface area contributed by atoms with Crippen LogP contribution in [0.1, 0.15) is 0 Å². The number of halogens is 1. The van der Waals surface area contributed by atoms with E-state index >= 15 is 0 Å². The summed E-state index contributed by atoms with van der Waals surface area (Å²) >= 11 is 0. The van der Waals surface area contributed by atoms with E-state index in [9.17, 15) is 4.39 Å². The summed E-state index contributed by atoms with van der Waals surface area (Å²) < 4.78 is 18.6. The van der Waals surface area contributed by atoms with Crippen LogP contribution in [0.25, 0.3) is 0 Å². The predicted molar refractivity (Wildman–Crippen MR) is 67.8 cm³/mol. The zero-order chi connectivity index (χ0) is 13.0. The highest BCUT2D eigenvalue weighted by Crippen LogP contribution is 2.23. The Morgan fingerprint density at radius 3 is 2.72 bits per heavy atom. The van der Waals surface area contributed by atoms with Crippen molar-refractivity contribution in [3.63, 3.8) is 0 Å². The molecule has 0 amide bonds. The van der Waals surface area contributed by atoms with Gasteiger partial charge in [-0.05, 0) is 12.1 Å². The Morgan fingerprint density at radius 1 is 1.22 bits per heavy atom. The van der Waals surface area contributed by atoms with Crippen LogP contribution >= 0.6 is 0 Å². The summed E-state index contributed by atoms with van der Waals surface area (Å²) in [5.74, 6) is 1.24. The van der Waals surface area contributed by atoms with Gasteiger partial charge in [0.2, 0.25) is 0 Å². The largest absolute Gasteiger partial charge is 0.497 e. The van der Waals surface area contributed by atoms with Crippen molar-refractivity contribution in [2.75, 3.05) is 24.8 Å². The average molecular weight is 248 g/mol. The molecule has 2 aromatic rings. The summed E-state index contributed by atoms with van der Waals surface area (Å²) in [7, 11) is 3.26. The monoisotopic (exact) mass is 248 g/mol. The lowest BCUT2D eigenvalue weighted by Gasteiger charge is -2.09. The van der Waals surface area contributed by atoms with E-state index in [1.807, 2.05) is 0 Å². The standard InChI is InChI=1S/C12H13FN4O/c1-14-11-6-15-7-12(17-11)16-10-5-8(18-2)3-4-9(10)13/h3-7H,1-2H3,(H2,14,16,17). The summed E-state index contributed by atoms with van der Waals surface area (Å²) in [6.45, 7) is 0. The summed E-state index contributed by atoms with van der Waals surface area (Å²) in [6.07, 6.45) is 3.09. The number of nitrogens with zero attached hydrogens (tertiary/aromatic N) is 2. The van der Waals surface area contributed by atoms with E-state index < -0.39 is 0 Å². The third-order valence-corrected chi connectivity index (χ3v) is 2.33. The van der Waals surface area contributed by atoms with E-state index in [2.05, 4.69) is 20.6 Å². The molecule has 0 aliphatic heterocycles. The first-order chi connectivity index (χ1) is 8.72. The topological polar surface area (TPSA) is 59.1 Å². The van der Waals surface area contributed by atoms with Crippen LogP contribution in [-0.2, 0) is 0 Å². The van der Waals surface area contributed by atoms with Gasteiger partial charge in [0.25, 0.3) is 0 Å². The number of hydrogen-bond donors (Lipinski definition) is 2. The number of methoxy groups -OCH3 is 1. The molecule has 0 saturated carbocycles. The maximum atomic E-state index is 13.6. The van der Waals surface area contributed by atoms with Crippen LogP contribution in [0, 0.1) is 5.82 Å². The fourth-order valence-corrected chi connectivity index (χ4v) is 1.41. The van der Waals surface area contributed by atoms with E-state index in [0.717, 1.165) is 0 Å². The number of nitrogens with one attached hydrogen (secondary N) is 2. The second-order valence-corrected chi connectivity index (χ2v) is 3.51. The summed E-state index contributed by atoms with van der Waals surface area (Å²) in [5.41, 5.74) is 0.289. The molecule has 0 bridgehead atoms. The molecule has 1 aromatic carbocycles. The Bertz CT molecular complexity index is 547. The smallest absolute Gasteiger partial charge is 0.151 e. The first-order valence-electron chi connectivity index (χ1n) is 5.33. The molecule has 0 saturated heterocycles. The van der Waals surface area contributed by atoms with E-state index in [4.69, 9.17) is 4.74 Å². The second kappa shape index (κ2) is 5.31. The van der Waals surface area contributed by atoms with Crippen molar-refractivity contribution in [1.29, 1.82) is 0 Å². The molecule has 0 spiro atoms. The van der Waals surface area contributed by atoms with Crippen LogP contribution in [0.15, 0.2) is 30.6 Å². The zero-order valence-electron chi connectivity index (χ0n) is 10.1. The molecule has 1 heterocycles. The highest BCUT2D eigenvalue weighted by atomic mass is 19.1. The van der Waals surface area contributed by atoms with Gasteiger partial charge in [-0.1, -0.05) is 0 Å². The van der Waals surface area contributed by atoms with Gasteiger partial charge in [-0.15, -0.1) is 0 Å². The van der Waals surface area contributed by atoms with Crippen molar-refractivity contribution in [3.05, 3.63) is 36.4 Å². The second-order valence-electron chi connectivity index (χ2n) is 3.51. The molecule has 1 aromatic heterocycles. The molecular formula is C12H13FN4O. The molecule has 18 heavy (non-hydrogen) atoms. The number of ether oxygens (including phenoxy) is 1. The van der Waals surface area contributed by atoms with Gasteiger partial charge >= 0.3 is 0 Å². The first-order valence-corrected chi connectivity index (χ1v) is 5.33. The molecule has 2 N–H and O–H groups in total. The van der Waals surface area contributed by atoms with Gasteiger partial charge in [-0.3, -0.25) is 4.98 Å². The zero-order valence-corrected chi connectivity index (χ0v) is 10.1. The molecule has 0 atom stereocenters. The fraction of sp³-hybridized carbons (Fsp3) is 0.167. The number of rotatable bonds is 4. The third kappa shape index (κ3) is 2.65. The summed E-state index contributed by atoms with van der Waals surface area (Å²) in [6, 6.07) is 4.44. The predicted octanol–water partition coefficient (Wildman–Crippen LogP) is 2.41. The Morgan fingerprint density at radius 2 is 2.00 bits per heavy atom. The molecule has 0 unspecified atom stereocenters. The lowest BCUT2D eigenvalue weighted by Crippen LogP contribution is -2.00. The molecule has 0 aliphatic carbocycles. The van der Waals surface area contributed by atoms with Gasteiger partial charge in [-0.25, -0.2) is 9.37 Å². The quantitative estimate of drug-likeness (QED) is 0.870. The minimum atomic E-state index is -0.382. The number of hydrogen-bond acceptors (Lipinski definition) is 5. The van der Waals surface area contributed by atoms with Crippen LogP contribution in [0.3, 0.4) is 0 Å². The van der Waals surface area contributed by atoms with Crippen molar-refractivity contribution < 1.29 is 9.13 Å². The van der Waals surface area contributed by atoms with Crippen LogP contribution < -0.4 is 15.4 Å². The van der Waals surface area contributed by atoms with Crippen LogP contribution in [0.5, 0.6) is 5.75 Å². The Hall–Kier alpha value is -2.37. The van der Waals surface area contributed by atoms with Crippen molar-refractivity contribution >= 4 is 17.3 Å². The minimum Gasteiger partial charge on any atom is -0.497 e. The molecule has 2 rings (SSSR count). The Labute approximate surface area is 104 Å². The molecule has 0 aliphatic rings. The van der Waals surface area contributed by atoms with Crippen LogP contribution in [0.4, 0.5) is 21.7 Å². The lowest BCUT2D eigenvalue weighted by atomic mass is 10.3. The van der Waals surface area contributed by atoms with Gasteiger partial charge in [0.15, 0.2) is 5.82 Å². The van der Waals surface area contributed by atoms with Gasteiger partial charge in [0.05, 0.1) is 25.2 Å². The first kappa shape index (κ1) is 12.1. The highest BCUT2D eigenvalue weighted by molar-refractivity contribution is 5.59. The van der Waals surface area contributed by atoms with E-state index in [1.165, 1.54) is 19.4 Å². The highest BCUT2D eigenvalue weighted by Gasteiger charge is 2.05. The van der Waals surface area contributed by atoms with Gasteiger partial charge in [0.1, 0.15) is 17.4 Å². The summed E-state index contributed by atoms with van der Waals surface area (Å²) in [5, 5.41) is 5.71. The van der Waals surface area contributed by atoms with Gasteiger partial charge in [-0.2, -0.15) is 0 Å². The SMILES string of the molecule is CNc1cncc(Nc2cc(OC)ccc2F)n1. The average Bonchev–Trinajstić information content (AvgIpc) is 2.41. The van der Waals surface area contributed by atoms with Crippen molar-refractivity contribution in [3.8, 4) is 5.75 Å². The van der Waals surface area contributed by atoms with Gasteiger partial charge < -0.3 is 15.4 Å². The van der Waals surface area contributed by atoms with Crippen molar-refractivity contribution in [1.82, 2.24) is 9.97 Å². The molecular weight excluding hydrogens is 235 g/mol. The van der Waals surface area contributed by atoms with E-state index in [0.29, 0.717) is 17.4 Å². The summed E-state index contributed by atoms with van der Waals surface area (Å²) in [4.78, 5) is 8.17. The third-order valence-electron chi connectivity index (χ3n) is 2.33. The van der Waals surface area contributed by atoms with Crippen molar-refractivity contribution in [2.45, 2.75) is 0 Å². The van der Waals surface area contributed by atoms with Crippen LogP contribution in [-0.4, -0.2) is 24.1 Å². The van der Waals surface area contributed by atoms with E-state index in [-0.39, 0.29) is 11.5 Å². The van der Waals surface area contributed by atoms with E-state index in [1.54, 1.807) is 25.4 Å². The maximum Gasteiger partial charge on any atom is 0.151 e. The van der Waals surface area contributed by atoms with Crippen molar-refractivity contribution in [2.24, 2.45) is 0 Å². The molecule has 0 fully saturated rings.